The lowest BCUT2D eigenvalue weighted by atomic mass is 9.84. The highest BCUT2D eigenvalue weighted by Crippen LogP contribution is 2.38. The molecule has 1 aliphatic heterocycles. The Morgan fingerprint density at radius 2 is 1.64 bits per heavy atom. The fraction of sp³-hybridized carbons (Fsp3) is 0.486. The van der Waals surface area contributed by atoms with Crippen molar-refractivity contribution < 1.29 is 32.2 Å². The summed E-state index contributed by atoms with van der Waals surface area (Å²) >= 11 is 0. The summed E-state index contributed by atoms with van der Waals surface area (Å²) in [5, 5.41) is 3.12. The molecule has 1 saturated heterocycles. The predicted molar refractivity (Wildman–Crippen MR) is 172 cm³/mol. The standard InChI is InChI=1S/C35H42F3N5O4/c1-3-46-32-30(33(47-4-2)40-23-39-32)43(34(45)25-10-9-11-25)20-8-7-19-42-21-18-27(22-42)41-31(44)29-13-6-5-12-28(29)24-14-16-26(17-15-24)35(36,37)38/h5-6,12-17,23,25,27H,3-4,7-11,18-22H2,1-2H3,(H,41,44)/t27-/m0/s1. The zero-order chi connectivity index (χ0) is 33.4. The van der Waals surface area contributed by atoms with Crippen LogP contribution in [0.1, 0.15) is 68.3 Å². The Hall–Kier alpha value is -4.19. The summed E-state index contributed by atoms with van der Waals surface area (Å²) in [6.45, 7) is 7.34. The van der Waals surface area contributed by atoms with Crippen molar-refractivity contribution >= 4 is 17.5 Å². The van der Waals surface area contributed by atoms with Crippen molar-refractivity contribution in [3.05, 3.63) is 66.0 Å². The van der Waals surface area contributed by atoms with Crippen molar-refractivity contribution in [1.82, 2.24) is 20.2 Å². The van der Waals surface area contributed by atoms with E-state index in [2.05, 4.69) is 20.2 Å². The van der Waals surface area contributed by atoms with E-state index in [4.69, 9.17) is 9.47 Å². The topological polar surface area (TPSA) is 96.9 Å². The number of likely N-dealkylation sites (tertiary alicyclic amines) is 1. The predicted octanol–water partition coefficient (Wildman–Crippen LogP) is 6.38. The fourth-order valence-electron chi connectivity index (χ4n) is 6.06. The second-order valence-corrected chi connectivity index (χ2v) is 11.9. The molecular formula is C35H42F3N5O4. The van der Waals surface area contributed by atoms with Gasteiger partial charge in [-0.2, -0.15) is 23.1 Å². The number of amides is 2. The minimum atomic E-state index is -4.42. The van der Waals surface area contributed by atoms with Gasteiger partial charge in [0.1, 0.15) is 6.33 Å². The van der Waals surface area contributed by atoms with E-state index < -0.39 is 11.7 Å². The summed E-state index contributed by atoms with van der Waals surface area (Å²) < 4.78 is 50.7. The molecule has 2 fully saturated rings. The summed E-state index contributed by atoms with van der Waals surface area (Å²) in [4.78, 5) is 39.6. The minimum Gasteiger partial charge on any atom is -0.476 e. The van der Waals surface area contributed by atoms with Crippen LogP contribution in [0.3, 0.4) is 0 Å². The number of rotatable bonds is 14. The number of benzene rings is 2. The van der Waals surface area contributed by atoms with Gasteiger partial charge in [-0.3, -0.25) is 9.59 Å². The van der Waals surface area contributed by atoms with Crippen molar-refractivity contribution in [2.24, 2.45) is 5.92 Å². The number of hydrogen-bond acceptors (Lipinski definition) is 7. The largest absolute Gasteiger partial charge is 0.476 e. The minimum absolute atomic E-state index is 0.0218. The van der Waals surface area contributed by atoms with Gasteiger partial charge in [0.15, 0.2) is 5.69 Å². The summed E-state index contributed by atoms with van der Waals surface area (Å²) in [5.41, 5.74) is 1.31. The van der Waals surface area contributed by atoms with Crippen molar-refractivity contribution in [2.45, 2.75) is 64.6 Å². The van der Waals surface area contributed by atoms with Gasteiger partial charge in [-0.05, 0) is 81.8 Å². The van der Waals surface area contributed by atoms with E-state index in [1.807, 2.05) is 13.8 Å². The Labute approximate surface area is 273 Å². The third-order valence-corrected chi connectivity index (χ3v) is 8.72. The zero-order valence-corrected chi connectivity index (χ0v) is 26.9. The second kappa shape index (κ2) is 15.6. The van der Waals surface area contributed by atoms with Crippen LogP contribution in [0.25, 0.3) is 11.1 Å². The van der Waals surface area contributed by atoms with Gasteiger partial charge in [0, 0.05) is 37.2 Å². The van der Waals surface area contributed by atoms with Crippen molar-refractivity contribution in [3.8, 4) is 22.9 Å². The number of aromatic nitrogens is 2. The first-order valence-electron chi connectivity index (χ1n) is 16.4. The zero-order valence-electron chi connectivity index (χ0n) is 26.9. The average molecular weight is 654 g/mol. The quantitative estimate of drug-likeness (QED) is 0.202. The molecule has 0 spiro atoms. The van der Waals surface area contributed by atoms with Gasteiger partial charge >= 0.3 is 6.18 Å². The van der Waals surface area contributed by atoms with Crippen LogP contribution in [0.2, 0.25) is 0 Å². The highest BCUT2D eigenvalue weighted by molar-refractivity contribution is 6.01. The lowest BCUT2D eigenvalue weighted by Gasteiger charge is -2.32. The number of carbonyl (C=O) groups is 2. The Balaban J connectivity index is 1.17. The Morgan fingerprint density at radius 1 is 0.957 bits per heavy atom. The van der Waals surface area contributed by atoms with E-state index in [1.165, 1.54) is 18.5 Å². The SMILES string of the molecule is CCOc1ncnc(OCC)c1N(CCCCN1CC[C@H](NC(=O)c2ccccc2-c2ccc(C(F)(F)F)cc2)C1)C(=O)C1CCC1. The molecule has 1 atom stereocenters. The number of nitrogens with one attached hydrogen (secondary N) is 1. The molecule has 1 aromatic heterocycles. The van der Waals surface area contributed by atoms with Crippen LogP contribution in [0.5, 0.6) is 11.8 Å². The van der Waals surface area contributed by atoms with Crippen molar-refractivity contribution in [2.75, 3.05) is 44.3 Å². The highest BCUT2D eigenvalue weighted by atomic mass is 19.4. The Kier molecular flexibility index (Phi) is 11.3. The Morgan fingerprint density at radius 3 is 2.26 bits per heavy atom. The maximum Gasteiger partial charge on any atom is 0.416 e. The molecule has 0 radical (unpaired) electrons. The van der Waals surface area contributed by atoms with Crippen LogP contribution < -0.4 is 19.7 Å². The van der Waals surface area contributed by atoms with E-state index in [0.29, 0.717) is 60.4 Å². The van der Waals surface area contributed by atoms with E-state index in [9.17, 15) is 22.8 Å². The molecule has 5 rings (SSSR count). The molecule has 3 aromatic rings. The first-order chi connectivity index (χ1) is 22.7. The van der Waals surface area contributed by atoms with Crippen LogP contribution in [0.4, 0.5) is 18.9 Å². The number of nitrogens with zero attached hydrogens (tertiary/aromatic N) is 4. The van der Waals surface area contributed by atoms with Crippen LogP contribution in [0, 0.1) is 5.92 Å². The van der Waals surface area contributed by atoms with Crippen LogP contribution in [-0.2, 0) is 11.0 Å². The molecule has 0 bridgehead atoms. The van der Waals surface area contributed by atoms with E-state index in [0.717, 1.165) is 63.7 Å². The molecule has 2 amide bonds. The maximum atomic E-state index is 13.6. The molecule has 47 heavy (non-hydrogen) atoms. The third kappa shape index (κ3) is 8.40. The van der Waals surface area contributed by atoms with Crippen LogP contribution >= 0.6 is 0 Å². The molecule has 1 saturated carbocycles. The summed E-state index contributed by atoms with van der Waals surface area (Å²) in [7, 11) is 0. The first kappa shape index (κ1) is 34.2. The number of ether oxygens (including phenoxy) is 2. The summed E-state index contributed by atoms with van der Waals surface area (Å²) in [6.07, 6.45) is 2.12. The molecule has 252 valence electrons. The number of carbonyl (C=O) groups excluding carboxylic acids is 2. The molecule has 0 unspecified atom stereocenters. The molecule has 1 N–H and O–H groups in total. The Bertz CT molecular complexity index is 1490. The van der Waals surface area contributed by atoms with Gasteiger partial charge in [-0.1, -0.05) is 36.8 Å². The van der Waals surface area contributed by atoms with Gasteiger partial charge in [0.25, 0.3) is 5.91 Å². The molecular weight excluding hydrogens is 611 g/mol. The number of unbranched alkanes of at least 4 members (excludes halogenated alkanes) is 1. The van der Waals surface area contributed by atoms with Gasteiger partial charge in [0.05, 0.1) is 18.8 Å². The van der Waals surface area contributed by atoms with Gasteiger partial charge < -0.3 is 24.6 Å². The normalized spacial score (nSPS) is 16.8. The number of anilines is 1. The number of hydrogen-bond donors (Lipinski definition) is 1. The molecule has 2 aromatic carbocycles. The van der Waals surface area contributed by atoms with Crippen LogP contribution in [0.15, 0.2) is 54.9 Å². The van der Waals surface area contributed by atoms with Crippen molar-refractivity contribution in [1.29, 1.82) is 0 Å². The molecule has 9 nitrogen and oxygen atoms in total. The fourth-order valence-corrected chi connectivity index (χ4v) is 6.06. The third-order valence-electron chi connectivity index (χ3n) is 8.72. The lowest BCUT2D eigenvalue weighted by molar-refractivity contribution is -0.137. The highest BCUT2D eigenvalue weighted by Gasteiger charge is 2.34. The first-order valence-corrected chi connectivity index (χ1v) is 16.4. The van der Waals surface area contributed by atoms with Gasteiger partial charge in [-0.25, -0.2) is 0 Å². The monoisotopic (exact) mass is 653 g/mol. The second-order valence-electron chi connectivity index (χ2n) is 11.9. The summed E-state index contributed by atoms with van der Waals surface area (Å²) in [6, 6.07) is 11.8. The molecule has 1 aliphatic carbocycles. The smallest absolute Gasteiger partial charge is 0.416 e. The average Bonchev–Trinajstić information content (AvgIpc) is 3.47. The van der Waals surface area contributed by atoms with E-state index in [-0.39, 0.29) is 23.8 Å². The molecule has 2 aliphatic rings. The van der Waals surface area contributed by atoms with Crippen LogP contribution in [-0.4, -0.2) is 72.1 Å². The van der Waals surface area contributed by atoms with Gasteiger partial charge in [0.2, 0.25) is 17.7 Å². The lowest BCUT2D eigenvalue weighted by Crippen LogP contribution is -2.40. The van der Waals surface area contributed by atoms with E-state index >= 15 is 0 Å². The maximum absolute atomic E-state index is 13.6. The molecule has 2 heterocycles. The van der Waals surface area contributed by atoms with E-state index in [1.54, 1.807) is 29.2 Å². The van der Waals surface area contributed by atoms with Crippen molar-refractivity contribution in [3.63, 3.8) is 0 Å². The van der Waals surface area contributed by atoms with Gasteiger partial charge in [-0.15, -0.1) is 0 Å². The summed E-state index contributed by atoms with van der Waals surface area (Å²) in [5.74, 6) is 0.464. The molecule has 12 heteroatoms. The number of alkyl halides is 3. The number of halogens is 3.